The normalized spacial score (nSPS) is 15.2. The molecule has 2 amide bonds. The van der Waals surface area contributed by atoms with E-state index in [0.29, 0.717) is 12.2 Å². The van der Waals surface area contributed by atoms with E-state index in [9.17, 15) is 13.2 Å². The molecule has 9 heteroatoms. The van der Waals surface area contributed by atoms with Gasteiger partial charge in [0.2, 0.25) is 10.0 Å². The molecule has 25 heavy (non-hydrogen) atoms. The summed E-state index contributed by atoms with van der Waals surface area (Å²) in [4.78, 5) is 16.1. The molecule has 1 fully saturated rings. The van der Waals surface area contributed by atoms with Gasteiger partial charge in [-0.1, -0.05) is 12.8 Å². The molecule has 3 N–H and O–H groups in total. The van der Waals surface area contributed by atoms with E-state index < -0.39 is 10.0 Å². The number of urea groups is 1. The van der Waals surface area contributed by atoms with Crippen molar-refractivity contribution in [1.29, 1.82) is 0 Å². The topological polar surface area (TPSA) is 100 Å². The Morgan fingerprint density at radius 3 is 2.56 bits per heavy atom. The van der Waals surface area contributed by atoms with E-state index in [0.717, 1.165) is 30.7 Å². The van der Waals surface area contributed by atoms with Crippen LogP contribution in [0.1, 0.15) is 30.7 Å². The molecule has 0 aliphatic heterocycles. The van der Waals surface area contributed by atoms with E-state index in [1.165, 1.54) is 23.5 Å². The second-order valence-corrected chi connectivity index (χ2v) is 8.55. The van der Waals surface area contributed by atoms with Crippen LogP contribution in [-0.2, 0) is 16.6 Å². The summed E-state index contributed by atoms with van der Waals surface area (Å²) in [6, 6.07) is 5.80. The monoisotopic (exact) mass is 380 g/mol. The molecule has 1 saturated carbocycles. The summed E-state index contributed by atoms with van der Waals surface area (Å²) < 4.78 is 27.4. The van der Waals surface area contributed by atoms with Crippen LogP contribution in [0.3, 0.4) is 0 Å². The number of nitrogens with zero attached hydrogens (tertiary/aromatic N) is 1. The third-order valence-corrected chi connectivity index (χ3v) is 6.30. The van der Waals surface area contributed by atoms with Crippen molar-refractivity contribution in [1.82, 2.24) is 15.0 Å². The van der Waals surface area contributed by atoms with Crippen LogP contribution in [0, 0.1) is 0 Å². The average molecular weight is 380 g/mol. The number of rotatable bonds is 6. The van der Waals surface area contributed by atoms with E-state index in [-0.39, 0.29) is 17.0 Å². The number of amides is 2. The number of carbonyl (C=O) groups is 1. The fourth-order valence-electron chi connectivity index (χ4n) is 2.72. The Hall–Kier alpha value is -1.97. The Bertz CT molecular complexity index is 798. The molecule has 0 saturated heterocycles. The fourth-order valence-corrected chi connectivity index (χ4v) is 4.58. The largest absolute Gasteiger partial charge is 0.331 e. The Balaban J connectivity index is 1.55. The van der Waals surface area contributed by atoms with Gasteiger partial charge in [0, 0.05) is 23.3 Å². The van der Waals surface area contributed by atoms with Gasteiger partial charge in [0.25, 0.3) is 0 Å². The van der Waals surface area contributed by atoms with Crippen molar-refractivity contribution in [3.05, 3.63) is 40.8 Å². The first-order valence-electron chi connectivity index (χ1n) is 8.08. The molecule has 0 bridgehead atoms. The maximum absolute atomic E-state index is 12.3. The molecule has 3 rings (SSSR count). The number of anilines is 1. The van der Waals surface area contributed by atoms with Crippen LogP contribution in [0.15, 0.2) is 40.7 Å². The third kappa shape index (κ3) is 5.00. The highest BCUT2D eigenvalue weighted by atomic mass is 32.2. The molecule has 2 aromatic rings. The van der Waals surface area contributed by atoms with Gasteiger partial charge in [0.05, 0.1) is 11.4 Å². The van der Waals surface area contributed by atoms with E-state index in [2.05, 4.69) is 20.3 Å². The lowest BCUT2D eigenvalue weighted by Gasteiger charge is -2.13. The average Bonchev–Trinajstić information content (AvgIpc) is 3.27. The summed E-state index contributed by atoms with van der Waals surface area (Å²) >= 11 is 1.46. The minimum absolute atomic E-state index is 0.0273. The zero-order valence-corrected chi connectivity index (χ0v) is 15.2. The number of aromatic nitrogens is 1. The van der Waals surface area contributed by atoms with Crippen molar-refractivity contribution in [2.75, 3.05) is 5.32 Å². The van der Waals surface area contributed by atoms with Crippen molar-refractivity contribution in [2.45, 2.75) is 43.2 Å². The molecule has 1 aromatic carbocycles. The van der Waals surface area contributed by atoms with Crippen molar-refractivity contribution < 1.29 is 13.2 Å². The summed E-state index contributed by atoms with van der Waals surface area (Å²) in [7, 11) is -3.51. The minimum Gasteiger partial charge on any atom is -0.331 e. The number of nitrogens with one attached hydrogen (secondary N) is 3. The Kier molecular flexibility index (Phi) is 5.67. The Morgan fingerprint density at radius 1 is 1.20 bits per heavy atom. The number of benzene rings is 1. The van der Waals surface area contributed by atoms with E-state index in [1.807, 2.05) is 5.38 Å². The van der Waals surface area contributed by atoms with Crippen molar-refractivity contribution in [3.63, 3.8) is 0 Å². The fraction of sp³-hybridized carbons (Fsp3) is 0.375. The summed E-state index contributed by atoms with van der Waals surface area (Å²) in [5.41, 5.74) is 0.524. The van der Waals surface area contributed by atoms with Gasteiger partial charge in [-0.25, -0.2) is 22.9 Å². The van der Waals surface area contributed by atoms with Gasteiger partial charge in [-0.05, 0) is 37.1 Å². The van der Waals surface area contributed by atoms with Crippen LogP contribution in [0.5, 0.6) is 0 Å². The highest BCUT2D eigenvalue weighted by molar-refractivity contribution is 7.89. The smallest absolute Gasteiger partial charge is 0.319 e. The Labute approximate surface area is 150 Å². The molecule has 1 aliphatic rings. The number of hydrogen-bond acceptors (Lipinski definition) is 5. The molecule has 1 heterocycles. The van der Waals surface area contributed by atoms with E-state index >= 15 is 0 Å². The zero-order valence-electron chi connectivity index (χ0n) is 13.6. The van der Waals surface area contributed by atoms with Gasteiger partial charge < -0.3 is 10.6 Å². The van der Waals surface area contributed by atoms with Gasteiger partial charge in [0.15, 0.2) is 0 Å². The molecule has 7 nitrogen and oxygen atoms in total. The SMILES string of the molecule is O=C(NCc1nccs1)Nc1ccc(S(=O)(=O)NC2CCCC2)cc1. The third-order valence-electron chi connectivity index (χ3n) is 3.98. The second kappa shape index (κ2) is 7.94. The van der Waals surface area contributed by atoms with Gasteiger partial charge >= 0.3 is 6.03 Å². The molecular formula is C16H20N4O3S2. The van der Waals surface area contributed by atoms with Crippen LogP contribution < -0.4 is 15.4 Å². The lowest BCUT2D eigenvalue weighted by molar-refractivity contribution is 0.251. The van der Waals surface area contributed by atoms with Gasteiger partial charge in [-0.15, -0.1) is 11.3 Å². The van der Waals surface area contributed by atoms with Crippen molar-refractivity contribution >= 4 is 33.1 Å². The number of hydrogen-bond donors (Lipinski definition) is 3. The van der Waals surface area contributed by atoms with Crippen LogP contribution in [0.4, 0.5) is 10.5 Å². The highest BCUT2D eigenvalue weighted by Crippen LogP contribution is 2.21. The first kappa shape index (κ1) is 17.8. The molecule has 0 unspecified atom stereocenters. The van der Waals surface area contributed by atoms with Crippen LogP contribution in [0.2, 0.25) is 0 Å². The standard InChI is InChI=1S/C16H20N4O3S2/c21-16(18-11-15-17-9-10-24-15)19-12-5-7-14(8-6-12)25(22,23)20-13-3-1-2-4-13/h5-10,13,20H,1-4,11H2,(H2,18,19,21). The summed E-state index contributed by atoms with van der Waals surface area (Å²) in [5, 5.41) is 8.02. The lowest BCUT2D eigenvalue weighted by Crippen LogP contribution is -2.32. The number of thiazole rings is 1. The van der Waals surface area contributed by atoms with Gasteiger partial charge in [0.1, 0.15) is 5.01 Å². The quantitative estimate of drug-likeness (QED) is 0.717. The molecular weight excluding hydrogens is 360 g/mol. The predicted octanol–water partition coefficient (Wildman–Crippen LogP) is 2.69. The lowest BCUT2D eigenvalue weighted by atomic mass is 10.3. The zero-order chi connectivity index (χ0) is 17.7. The van der Waals surface area contributed by atoms with Crippen molar-refractivity contribution in [2.24, 2.45) is 0 Å². The Morgan fingerprint density at radius 2 is 1.92 bits per heavy atom. The maximum atomic E-state index is 12.3. The summed E-state index contributed by atoms with van der Waals surface area (Å²) in [6.07, 6.45) is 5.58. The molecule has 0 radical (unpaired) electrons. The molecule has 134 valence electrons. The predicted molar refractivity (Wildman–Crippen MR) is 97.0 cm³/mol. The highest BCUT2D eigenvalue weighted by Gasteiger charge is 2.22. The van der Waals surface area contributed by atoms with Crippen LogP contribution >= 0.6 is 11.3 Å². The molecule has 1 aromatic heterocycles. The summed E-state index contributed by atoms with van der Waals surface area (Å²) in [6.45, 7) is 0.348. The first-order valence-corrected chi connectivity index (χ1v) is 10.4. The maximum Gasteiger partial charge on any atom is 0.319 e. The molecule has 0 atom stereocenters. The summed E-state index contributed by atoms with van der Waals surface area (Å²) in [5.74, 6) is 0. The number of carbonyl (C=O) groups excluding carboxylic acids is 1. The molecule has 0 spiro atoms. The molecule has 1 aliphatic carbocycles. The first-order chi connectivity index (χ1) is 12.0. The van der Waals surface area contributed by atoms with Gasteiger partial charge in [-0.3, -0.25) is 0 Å². The number of sulfonamides is 1. The van der Waals surface area contributed by atoms with Gasteiger partial charge in [-0.2, -0.15) is 0 Å². The minimum atomic E-state index is -3.51. The van der Waals surface area contributed by atoms with Crippen molar-refractivity contribution in [3.8, 4) is 0 Å². The van der Waals surface area contributed by atoms with E-state index in [4.69, 9.17) is 0 Å². The van der Waals surface area contributed by atoms with E-state index in [1.54, 1.807) is 18.3 Å². The van der Waals surface area contributed by atoms with Crippen LogP contribution in [-0.4, -0.2) is 25.5 Å². The second-order valence-electron chi connectivity index (χ2n) is 5.86. The van der Waals surface area contributed by atoms with Crippen LogP contribution in [0.25, 0.3) is 0 Å².